The SMILES string of the molecule is CC(C(=O)N1CCCCC1Cn1cccn1)n1cnc2ccccc21. The van der Waals surface area contributed by atoms with Crippen LogP contribution in [0.5, 0.6) is 0 Å². The normalized spacial score (nSPS) is 19.2. The fourth-order valence-electron chi connectivity index (χ4n) is 3.75. The Bertz CT molecular complexity index is 854. The molecule has 2 atom stereocenters. The van der Waals surface area contributed by atoms with Gasteiger partial charge in [-0.05, 0) is 44.4 Å². The lowest BCUT2D eigenvalue weighted by Crippen LogP contribution is -2.48. The number of carbonyl (C=O) groups is 1. The minimum atomic E-state index is -0.259. The second-order valence-corrected chi connectivity index (χ2v) is 6.73. The third kappa shape index (κ3) is 3.04. The first-order valence-electron chi connectivity index (χ1n) is 8.93. The van der Waals surface area contributed by atoms with Crippen LogP contribution < -0.4 is 0 Å². The number of rotatable bonds is 4. The van der Waals surface area contributed by atoms with Gasteiger partial charge in [0.25, 0.3) is 0 Å². The lowest BCUT2D eigenvalue weighted by Gasteiger charge is -2.37. The van der Waals surface area contributed by atoms with Crippen LogP contribution in [-0.4, -0.2) is 42.7 Å². The van der Waals surface area contributed by atoms with Crippen molar-refractivity contribution in [3.63, 3.8) is 0 Å². The number of hydrogen-bond donors (Lipinski definition) is 0. The zero-order chi connectivity index (χ0) is 17.2. The highest BCUT2D eigenvalue weighted by molar-refractivity contribution is 5.84. The molecule has 2 unspecified atom stereocenters. The summed E-state index contributed by atoms with van der Waals surface area (Å²) in [6, 6.07) is 9.82. The largest absolute Gasteiger partial charge is 0.336 e. The zero-order valence-electron chi connectivity index (χ0n) is 14.5. The van der Waals surface area contributed by atoms with Crippen molar-refractivity contribution >= 4 is 16.9 Å². The predicted octanol–water partition coefficient (Wildman–Crippen LogP) is 2.88. The van der Waals surface area contributed by atoms with Crippen molar-refractivity contribution in [1.82, 2.24) is 24.2 Å². The summed E-state index contributed by atoms with van der Waals surface area (Å²) in [7, 11) is 0. The minimum Gasteiger partial charge on any atom is -0.336 e. The maximum Gasteiger partial charge on any atom is 0.245 e. The Balaban J connectivity index is 1.57. The lowest BCUT2D eigenvalue weighted by molar-refractivity contribution is -0.138. The molecule has 3 aromatic rings. The second kappa shape index (κ2) is 6.70. The number of para-hydroxylation sites is 2. The molecule has 0 aliphatic carbocycles. The smallest absolute Gasteiger partial charge is 0.245 e. The highest BCUT2D eigenvalue weighted by atomic mass is 16.2. The number of aromatic nitrogens is 4. The minimum absolute atomic E-state index is 0.167. The number of carbonyl (C=O) groups excluding carboxylic acids is 1. The third-order valence-corrected chi connectivity index (χ3v) is 5.12. The van der Waals surface area contributed by atoms with Gasteiger partial charge in [0, 0.05) is 18.9 Å². The Morgan fingerprint density at radius 1 is 1.28 bits per heavy atom. The van der Waals surface area contributed by atoms with E-state index in [0.29, 0.717) is 0 Å². The Hall–Kier alpha value is -2.63. The molecule has 3 heterocycles. The molecule has 1 amide bonds. The second-order valence-electron chi connectivity index (χ2n) is 6.73. The number of hydrogen-bond acceptors (Lipinski definition) is 3. The van der Waals surface area contributed by atoms with Crippen LogP contribution in [0.15, 0.2) is 49.1 Å². The van der Waals surface area contributed by atoms with Crippen LogP contribution in [0, 0.1) is 0 Å². The van der Waals surface area contributed by atoms with E-state index in [2.05, 4.69) is 10.1 Å². The van der Waals surface area contributed by atoms with E-state index in [0.717, 1.165) is 43.4 Å². The van der Waals surface area contributed by atoms with E-state index in [4.69, 9.17) is 0 Å². The predicted molar refractivity (Wildman–Crippen MR) is 96.0 cm³/mol. The molecule has 1 aromatic carbocycles. The van der Waals surface area contributed by atoms with Gasteiger partial charge in [-0.25, -0.2) is 4.98 Å². The van der Waals surface area contributed by atoms with Crippen molar-refractivity contribution in [3.8, 4) is 0 Å². The van der Waals surface area contributed by atoms with Crippen LogP contribution in [0.25, 0.3) is 11.0 Å². The summed E-state index contributed by atoms with van der Waals surface area (Å²) in [5, 5.41) is 4.30. The van der Waals surface area contributed by atoms with E-state index in [1.165, 1.54) is 0 Å². The van der Waals surface area contributed by atoms with E-state index in [-0.39, 0.29) is 18.0 Å². The maximum atomic E-state index is 13.2. The van der Waals surface area contributed by atoms with E-state index >= 15 is 0 Å². The van der Waals surface area contributed by atoms with E-state index in [9.17, 15) is 4.79 Å². The first-order chi connectivity index (χ1) is 12.2. The molecule has 2 aromatic heterocycles. The molecule has 1 aliphatic rings. The zero-order valence-corrected chi connectivity index (χ0v) is 14.5. The summed E-state index contributed by atoms with van der Waals surface area (Å²) in [5.41, 5.74) is 1.93. The molecule has 0 N–H and O–H groups in total. The summed E-state index contributed by atoms with van der Waals surface area (Å²) in [6.07, 6.45) is 8.79. The molecule has 1 fully saturated rings. The average molecular weight is 337 g/mol. The van der Waals surface area contributed by atoms with E-state index < -0.39 is 0 Å². The van der Waals surface area contributed by atoms with Gasteiger partial charge >= 0.3 is 0 Å². The number of benzene rings is 1. The highest BCUT2D eigenvalue weighted by Crippen LogP contribution is 2.24. The molecule has 6 heteroatoms. The van der Waals surface area contributed by atoms with Crippen LogP contribution in [-0.2, 0) is 11.3 Å². The van der Waals surface area contributed by atoms with Gasteiger partial charge in [-0.1, -0.05) is 12.1 Å². The highest BCUT2D eigenvalue weighted by Gasteiger charge is 2.31. The van der Waals surface area contributed by atoms with Crippen molar-refractivity contribution < 1.29 is 4.79 Å². The van der Waals surface area contributed by atoms with E-state index in [1.54, 1.807) is 12.5 Å². The summed E-state index contributed by atoms with van der Waals surface area (Å²) in [5.74, 6) is 0.167. The Morgan fingerprint density at radius 2 is 2.16 bits per heavy atom. The number of piperidine rings is 1. The number of fused-ring (bicyclic) bond motifs is 1. The van der Waals surface area contributed by atoms with Crippen LogP contribution in [0.1, 0.15) is 32.2 Å². The first kappa shape index (κ1) is 15.9. The summed E-state index contributed by atoms with van der Waals surface area (Å²) >= 11 is 0. The average Bonchev–Trinajstić information content (AvgIpc) is 3.30. The monoisotopic (exact) mass is 337 g/mol. The molecule has 1 saturated heterocycles. The quantitative estimate of drug-likeness (QED) is 0.735. The van der Waals surface area contributed by atoms with Gasteiger partial charge in [-0.3, -0.25) is 9.48 Å². The summed E-state index contributed by atoms with van der Waals surface area (Å²) < 4.78 is 3.91. The number of likely N-dealkylation sites (tertiary alicyclic amines) is 1. The standard InChI is InChI=1S/C19H23N5O/c1-15(24-14-20-17-8-2-3-9-18(17)24)19(25)23-12-5-4-7-16(23)13-22-11-6-10-21-22/h2-3,6,8-11,14-16H,4-5,7,12-13H2,1H3. The topological polar surface area (TPSA) is 56.0 Å². The van der Waals surface area contributed by atoms with Crippen molar-refractivity contribution in [3.05, 3.63) is 49.1 Å². The van der Waals surface area contributed by atoms with Gasteiger partial charge in [0.05, 0.1) is 29.9 Å². The molecule has 6 nitrogen and oxygen atoms in total. The lowest BCUT2D eigenvalue weighted by atomic mass is 10.0. The molecule has 0 saturated carbocycles. The number of imidazole rings is 1. The van der Waals surface area contributed by atoms with E-state index in [1.807, 2.05) is 57.6 Å². The third-order valence-electron chi connectivity index (χ3n) is 5.12. The molecule has 1 aliphatic heterocycles. The van der Waals surface area contributed by atoms with Crippen molar-refractivity contribution in [2.45, 2.75) is 44.8 Å². The van der Waals surface area contributed by atoms with Crippen molar-refractivity contribution in [2.75, 3.05) is 6.54 Å². The summed E-state index contributed by atoms with van der Waals surface area (Å²) in [4.78, 5) is 19.7. The number of amides is 1. The fourth-order valence-corrected chi connectivity index (χ4v) is 3.75. The Kier molecular flexibility index (Phi) is 4.26. The van der Waals surface area contributed by atoms with Crippen LogP contribution in [0.4, 0.5) is 0 Å². The fraction of sp³-hybridized carbons (Fsp3) is 0.421. The first-order valence-corrected chi connectivity index (χ1v) is 8.93. The van der Waals surface area contributed by atoms with Gasteiger partial charge in [0.15, 0.2) is 0 Å². The molecule has 4 rings (SSSR count). The molecular formula is C19H23N5O. The Morgan fingerprint density at radius 3 is 3.00 bits per heavy atom. The summed E-state index contributed by atoms with van der Waals surface area (Å²) in [6.45, 7) is 3.55. The number of nitrogens with zero attached hydrogens (tertiary/aromatic N) is 5. The van der Waals surface area contributed by atoms with Gasteiger partial charge in [-0.2, -0.15) is 5.10 Å². The molecule has 25 heavy (non-hydrogen) atoms. The van der Waals surface area contributed by atoms with Crippen LogP contribution >= 0.6 is 0 Å². The Labute approximate surface area is 147 Å². The van der Waals surface area contributed by atoms with Gasteiger partial charge < -0.3 is 9.47 Å². The van der Waals surface area contributed by atoms with Gasteiger partial charge in [-0.15, -0.1) is 0 Å². The molecule has 130 valence electrons. The maximum absolute atomic E-state index is 13.2. The molecule has 0 radical (unpaired) electrons. The van der Waals surface area contributed by atoms with Crippen molar-refractivity contribution in [1.29, 1.82) is 0 Å². The molecule has 0 bridgehead atoms. The van der Waals surface area contributed by atoms with Gasteiger partial charge in [0.1, 0.15) is 6.04 Å². The molecule has 0 spiro atoms. The van der Waals surface area contributed by atoms with Crippen LogP contribution in [0.3, 0.4) is 0 Å². The molecular weight excluding hydrogens is 314 g/mol. The van der Waals surface area contributed by atoms with Crippen molar-refractivity contribution in [2.24, 2.45) is 0 Å². The van der Waals surface area contributed by atoms with Crippen LogP contribution in [0.2, 0.25) is 0 Å². The van der Waals surface area contributed by atoms with Gasteiger partial charge in [0.2, 0.25) is 5.91 Å².